The molecule has 0 spiro atoms. The van der Waals surface area contributed by atoms with E-state index in [1.807, 2.05) is 24.0 Å². The second-order valence-electron chi connectivity index (χ2n) is 4.19. The Morgan fingerprint density at radius 2 is 2.44 bits per heavy atom. The lowest BCUT2D eigenvalue weighted by molar-refractivity contribution is -0.120. The molecule has 2 heterocycles. The molecule has 1 saturated heterocycles. The summed E-state index contributed by atoms with van der Waals surface area (Å²) in [5.41, 5.74) is 1.23. The number of pyridine rings is 1. The Balaban J connectivity index is 1.61. The van der Waals surface area contributed by atoms with Crippen molar-refractivity contribution < 1.29 is 4.79 Å². The van der Waals surface area contributed by atoms with Gasteiger partial charge in [0.2, 0.25) is 5.91 Å². The van der Waals surface area contributed by atoms with Crippen molar-refractivity contribution >= 4 is 29.4 Å². The van der Waals surface area contributed by atoms with Gasteiger partial charge in [0.1, 0.15) is 0 Å². The molecule has 1 aliphatic heterocycles. The number of nitrogens with zero attached hydrogens (tertiary/aromatic N) is 1. The number of carbonyl (C=O) groups excluding carboxylic acids is 1. The van der Waals surface area contributed by atoms with Crippen molar-refractivity contribution in [2.75, 3.05) is 23.8 Å². The molecule has 0 aromatic carbocycles. The van der Waals surface area contributed by atoms with Crippen LogP contribution in [0.4, 0.5) is 0 Å². The first-order valence-electron chi connectivity index (χ1n) is 6.22. The number of rotatable bonds is 5. The summed E-state index contributed by atoms with van der Waals surface area (Å²) in [5.74, 6) is 3.44. The number of amides is 1. The molecule has 1 aliphatic rings. The van der Waals surface area contributed by atoms with E-state index < -0.39 is 0 Å². The van der Waals surface area contributed by atoms with Gasteiger partial charge in [0.15, 0.2) is 0 Å². The molecule has 3 nitrogen and oxygen atoms in total. The van der Waals surface area contributed by atoms with Gasteiger partial charge in [-0.2, -0.15) is 11.8 Å². The summed E-state index contributed by atoms with van der Waals surface area (Å²) in [6.45, 7) is 0.759. The van der Waals surface area contributed by atoms with Crippen LogP contribution in [-0.4, -0.2) is 39.9 Å². The third-order valence-electron chi connectivity index (χ3n) is 2.77. The molecular weight excluding hydrogens is 264 g/mol. The minimum absolute atomic E-state index is 0.155. The first-order chi connectivity index (χ1) is 8.86. The number of aromatic nitrogens is 1. The van der Waals surface area contributed by atoms with Gasteiger partial charge in [-0.15, -0.1) is 11.8 Å². The number of thioether (sulfide) groups is 2. The van der Waals surface area contributed by atoms with Gasteiger partial charge < -0.3 is 5.32 Å². The molecule has 1 atom stereocenters. The van der Waals surface area contributed by atoms with Crippen LogP contribution < -0.4 is 5.32 Å². The van der Waals surface area contributed by atoms with Crippen molar-refractivity contribution in [3.8, 4) is 0 Å². The van der Waals surface area contributed by atoms with E-state index in [4.69, 9.17) is 0 Å². The summed E-state index contributed by atoms with van der Waals surface area (Å²) in [6, 6.07) is 4.02. The molecule has 0 radical (unpaired) electrons. The predicted octanol–water partition coefficient (Wildman–Crippen LogP) is 1.98. The summed E-state index contributed by atoms with van der Waals surface area (Å²) < 4.78 is 0. The zero-order chi connectivity index (χ0) is 12.6. The van der Waals surface area contributed by atoms with Crippen LogP contribution >= 0.6 is 23.5 Å². The first-order valence-corrected chi connectivity index (χ1v) is 8.42. The van der Waals surface area contributed by atoms with Gasteiger partial charge in [-0.1, -0.05) is 6.07 Å². The minimum atomic E-state index is 0.155. The van der Waals surface area contributed by atoms with E-state index in [9.17, 15) is 4.79 Å². The first kappa shape index (κ1) is 13.7. The molecule has 1 amide bonds. The second-order valence-corrected chi connectivity index (χ2v) is 6.65. The molecule has 1 unspecified atom stereocenters. The van der Waals surface area contributed by atoms with E-state index >= 15 is 0 Å². The Hall–Kier alpha value is -0.680. The molecule has 0 bridgehead atoms. The Kier molecular flexibility index (Phi) is 5.87. The molecule has 1 aromatic rings. The van der Waals surface area contributed by atoms with E-state index in [0.29, 0.717) is 0 Å². The average molecular weight is 282 g/mol. The van der Waals surface area contributed by atoms with Gasteiger partial charge in [-0.05, 0) is 24.5 Å². The van der Waals surface area contributed by atoms with Crippen molar-refractivity contribution in [2.45, 2.75) is 18.1 Å². The molecule has 0 saturated carbocycles. The number of hydrogen-bond acceptors (Lipinski definition) is 4. The third-order valence-corrected chi connectivity index (χ3v) is 5.53. The average Bonchev–Trinajstić information content (AvgIpc) is 2.45. The molecule has 98 valence electrons. The van der Waals surface area contributed by atoms with E-state index in [2.05, 4.69) is 16.4 Å². The summed E-state index contributed by atoms with van der Waals surface area (Å²) >= 11 is 3.66. The highest BCUT2D eigenvalue weighted by atomic mass is 32.2. The zero-order valence-electron chi connectivity index (χ0n) is 10.3. The van der Waals surface area contributed by atoms with Gasteiger partial charge >= 0.3 is 0 Å². The van der Waals surface area contributed by atoms with Crippen LogP contribution in [0.1, 0.15) is 12.0 Å². The van der Waals surface area contributed by atoms with Gasteiger partial charge in [0, 0.05) is 36.2 Å². The molecule has 1 aromatic heterocycles. The van der Waals surface area contributed by atoms with Gasteiger partial charge in [0.05, 0.1) is 5.25 Å². The van der Waals surface area contributed by atoms with Crippen molar-refractivity contribution in [1.29, 1.82) is 0 Å². The monoisotopic (exact) mass is 282 g/mol. The highest BCUT2D eigenvalue weighted by Crippen LogP contribution is 2.23. The highest BCUT2D eigenvalue weighted by Gasteiger charge is 2.21. The van der Waals surface area contributed by atoms with Crippen LogP contribution in [0.3, 0.4) is 0 Å². The SMILES string of the molecule is O=C(NCCCc1cccnc1)C1CSCCS1. The number of hydrogen-bond donors (Lipinski definition) is 1. The highest BCUT2D eigenvalue weighted by molar-refractivity contribution is 8.07. The Bertz CT molecular complexity index is 367. The van der Waals surface area contributed by atoms with Crippen molar-refractivity contribution in [3.63, 3.8) is 0 Å². The number of aryl methyl sites for hydroxylation is 1. The minimum Gasteiger partial charge on any atom is -0.355 e. The standard InChI is InChI=1S/C13H18N2OS2/c16-13(12-10-17-7-8-18-12)15-6-2-4-11-3-1-5-14-9-11/h1,3,5,9,12H,2,4,6-8,10H2,(H,15,16). The van der Waals surface area contributed by atoms with E-state index in [1.54, 1.807) is 18.0 Å². The molecule has 2 rings (SSSR count). The Labute approximate surface area is 117 Å². The molecule has 1 N–H and O–H groups in total. The van der Waals surface area contributed by atoms with Crippen molar-refractivity contribution in [1.82, 2.24) is 10.3 Å². The largest absolute Gasteiger partial charge is 0.355 e. The number of carbonyl (C=O) groups is 1. The lowest BCUT2D eigenvalue weighted by atomic mass is 10.1. The fourth-order valence-electron chi connectivity index (χ4n) is 1.80. The predicted molar refractivity (Wildman–Crippen MR) is 79.1 cm³/mol. The summed E-state index contributed by atoms with van der Waals surface area (Å²) in [7, 11) is 0. The van der Waals surface area contributed by atoms with Gasteiger partial charge in [0.25, 0.3) is 0 Å². The van der Waals surface area contributed by atoms with Crippen LogP contribution in [-0.2, 0) is 11.2 Å². The van der Waals surface area contributed by atoms with E-state index in [1.165, 1.54) is 11.3 Å². The number of nitrogens with one attached hydrogen (secondary N) is 1. The summed E-state index contributed by atoms with van der Waals surface area (Å²) in [4.78, 5) is 15.9. The maximum absolute atomic E-state index is 11.9. The molecule has 1 fully saturated rings. The van der Waals surface area contributed by atoms with Crippen LogP contribution in [0.15, 0.2) is 24.5 Å². The van der Waals surface area contributed by atoms with Crippen LogP contribution in [0.5, 0.6) is 0 Å². The molecule has 5 heteroatoms. The normalized spacial score (nSPS) is 19.4. The van der Waals surface area contributed by atoms with Crippen LogP contribution in [0, 0.1) is 0 Å². The van der Waals surface area contributed by atoms with Gasteiger partial charge in [-0.3, -0.25) is 9.78 Å². The lowest BCUT2D eigenvalue weighted by Gasteiger charge is -2.20. The van der Waals surface area contributed by atoms with Crippen LogP contribution in [0.2, 0.25) is 0 Å². The molecule has 0 aliphatic carbocycles. The third kappa shape index (κ3) is 4.53. The topological polar surface area (TPSA) is 42.0 Å². The van der Waals surface area contributed by atoms with Crippen molar-refractivity contribution in [2.24, 2.45) is 0 Å². The fraction of sp³-hybridized carbons (Fsp3) is 0.538. The summed E-state index contributed by atoms with van der Waals surface area (Å²) in [5, 5.41) is 3.18. The van der Waals surface area contributed by atoms with E-state index in [-0.39, 0.29) is 11.2 Å². The quantitative estimate of drug-likeness (QED) is 0.839. The second kappa shape index (κ2) is 7.69. The van der Waals surface area contributed by atoms with Crippen LogP contribution in [0.25, 0.3) is 0 Å². The zero-order valence-corrected chi connectivity index (χ0v) is 11.9. The Morgan fingerprint density at radius 1 is 1.50 bits per heavy atom. The summed E-state index contributed by atoms with van der Waals surface area (Å²) in [6.07, 6.45) is 5.61. The maximum Gasteiger partial charge on any atom is 0.233 e. The fourth-order valence-corrected chi connectivity index (χ4v) is 4.38. The maximum atomic E-state index is 11.9. The van der Waals surface area contributed by atoms with E-state index in [0.717, 1.165) is 30.9 Å². The van der Waals surface area contributed by atoms with Crippen molar-refractivity contribution in [3.05, 3.63) is 30.1 Å². The molecule has 18 heavy (non-hydrogen) atoms. The Morgan fingerprint density at radius 3 is 3.17 bits per heavy atom. The van der Waals surface area contributed by atoms with Gasteiger partial charge in [-0.25, -0.2) is 0 Å². The molecular formula is C13H18N2OS2. The lowest BCUT2D eigenvalue weighted by Crippen LogP contribution is -2.36. The smallest absolute Gasteiger partial charge is 0.233 e.